The summed E-state index contributed by atoms with van der Waals surface area (Å²) in [5.74, 6) is -1.38. The smallest absolute Gasteiger partial charge is 0.326 e. The zero-order valence-electron chi connectivity index (χ0n) is 19.6. The van der Waals surface area contributed by atoms with Crippen molar-refractivity contribution >= 4 is 24.2 Å². The van der Waals surface area contributed by atoms with Gasteiger partial charge in [0, 0.05) is 11.3 Å². The van der Waals surface area contributed by atoms with E-state index in [0.29, 0.717) is 29.7 Å². The first kappa shape index (κ1) is 30.4. The van der Waals surface area contributed by atoms with Crippen LogP contribution in [0.4, 0.5) is 0 Å². The Kier molecular flexibility index (Phi) is 14.8. The molecule has 0 saturated carbocycles. The van der Waals surface area contributed by atoms with E-state index in [0.717, 1.165) is 5.56 Å². The van der Waals surface area contributed by atoms with Crippen LogP contribution >= 0.6 is 0 Å². The normalized spacial score (nSPS) is 15.5. The van der Waals surface area contributed by atoms with Gasteiger partial charge in [0.1, 0.15) is 12.8 Å². The van der Waals surface area contributed by atoms with Crippen LogP contribution in [-0.2, 0) is 20.0 Å². The van der Waals surface area contributed by atoms with Crippen LogP contribution in [-0.4, -0.2) is 46.9 Å². The first-order chi connectivity index (χ1) is 14.6. The number of nitrogens with two attached hydrogens (primary N) is 1. The molecule has 1 atom stereocenters. The van der Waals surface area contributed by atoms with Crippen LogP contribution in [0.25, 0.3) is 5.57 Å². The number of amides is 1. The molecule has 0 spiro atoms. The number of carbonyl (C=O) groups excluding carboxylic acids is 2. The number of carboxylic acids is 1. The molecule has 7 nitrogen and oxygen atoms in total. The third kappa shape index (κ3) is 8.86. The Morgan fingerprint density at radius 3 is 2.00 bits per heavy atom. The Morgan fingerprint density at radius 2 is 1.65 bits per heavy atom. The molecule has 7 heteroatoms. The van der Waals surface area contributed by atoms with Crippen LogP contribution in [0.15, 0.2) is 42.6 Å². The summed E-state index contributed by atoms with van der Waals surface area (Å²) in [5.41, 5.74) is 5.91. The van der Waals surface area contributed by atoms with Crippen molar-refractivity contribution in [2.45, 2.75) is 65.5 Å². The predicted octanol–water partition coefficient (Wildman–Crippen LogP) is 3.71. The highest BCUT2D eigenvalue weighted by atomic mass is 16.4. The molecule has 1 aliphatic rings. The Hall–Kier alpha value is -2.77. The maximum Gasteiger partial charge on any atom is 0.326 e. The van der Waals surface area contributed by atoms with Gasteiger partial charge in [-0.25, -0.2) is 4.79 Å². The van der Waals surface area contributed by atoms with Crippen molar-refractivity contribution in [2.75, 3.05) is 7.05 Å². The van der Waals surface area contributed by atoms with E-state index >= 15 is 0 Å². The summed E-state index contributed by atoms with van der Waals surface area (Å²) in [5, 5.41) is 19.3. The highest BCUT2D eigenvalue weighted by Crippen LogP contribution is 2.31. The molecular formula is C24H38N2O5. The minimum absolute atomic E-state index is 0.358. The minimum Gasteiger partial charge on any atom is -0.480 e. The van der Waals surface area contributed by atoms with E-state index in [-0.39, 0.29) is 5.91 Å². The van der Waals surface area contributed by atoms with Crippen molar-refractivity contribution in [1.82, 2.24) is 4.90 Å². The lowest BCUT2D eigenvalue weighted by Gasteiger charge is -2.24. The molecule has 0 aromatic heterocycles. The van der Waals surface area contributed by atoms with Crippen LogP contribution in [0.1, 0.15) is 65.0 Å². The van der Waals surface area contributed by atoms with Crippen LogP contribution in [0.3, 0.4) is 0 Å². The fourth-order valence-corrected chi connectivity index (χ4v) is 2.89. The van der Waals surface area contributed by atoms with E-state index in [1.165, 1.54) is 18.4 Å². The van der Waals surface area contributed by atoms with E-state index in [4.69, 9.17) is 4.79 Å². The molecule has 0 radical (unpaired) electrons. The Bertz CT molecular complexity index is 733. The summed E-state index contributed by atoms with van der Waals surface area (Å²) in [6.07, 6.45) is 3.80. The van der Waals surface area contributed by atoms with Gasteiger partial charge in [-0.15, -0.1) is 0 Å². The molecule has 1 unspecified atom stereocenters. The Labute approximate surface area is 186 Å². The molecule has 1 aliphatic heterocycles. The summed E-state index contributed by atoms with van der Waals surface area (Å²) in [7, 11) is 1.50. The molecule has 174 valence electrons. The largest absolute Gasteiger partial charge is 0.480 e. The second-order valence-electron chi connectivity index (χ2n) is 7.18. The molecule has 2 rings (SSSR count). The number of hydrogen-bond acceptors (Lipinski definition) is 5. The van der Waals surface area contributed by atoms with Crippen molar-refractivity contribution in [3.63, 3.8) is 0 Å². The van der Waals surface area contributed by atoms with Crippen LogP contribution in [0.5, 0.6) is 0 Å². The average Bonchev–Trinajstić information content (AvgIpc) is 3.13. The minimum atomic E-state index is -1.02. The molecule has 31 heavy (non-hydrogen) atoms. The van der Waals surface area contributed by atoms with Crippen LogP contribution in [0, 0.1) is 0 Å². The predicted molar refractivity (Wildman–Crippen MR) is 125 cm³/mol. The second-order valence-corrected chi connectivity index (χ2v) is 7.18. The lowest BCUT2D eigenvalue weighted by molar-refractivity contribution is -0.145. The maximum atomic E-state index is 12.9. The molecule has 0 aliphatic carbocycles. The molecule has 1 amide bonds. The summed E-state index contributed by atoms with van der Waals surface area (Å²) in [4.78, 5) is 33.5. The zero-order valence-corrected chi connectivity index (χ0v) is 19.6. The average molecular weight is 435 g/mol. The third-order valence-corrected chi connectivity index (χ3v) is 4.28. The number of hydrogen-bond donors (Lipinski definition) is 3. The number of aliphatic hydroxyl groups is 1. The summed E-state index contributed by atoms with van der Waals surface area (Å²) >= 11 is 0. The SMILES string of the molecule is C=C1CCC(C(=O)O)N1C(=O)/C(=C\C)c1ccc(C(C)(C)O)cc1.C=O.CCC.CN. The number of rotatable bonds is 4. The van der Waals surface area contributed by atoms with Gasteiger partial charge in [0.15, 0.2) is 0 Å². The molecule has 0 bridgehead atoms. The maximum absolute atomic E-state index is 12.9. The van der Waals surface area contributed by atoms with Crippen molar-refractivity contribution in [1.29, 1.82) is 0 Å². The van der Waals surface area contributed by atoms with E-state index in [1.807, 2.05) is 6.79 Å². The van der Waals surface area contributed by atoms with E-state index in [1.54, 1.807) is 51.1 Å². The monoisotopic (exact) mass is 434 g/mol. The fraction of sp³-hybridized carbons (Fsp3) is 0.458. The second kappa shape index (κ2) is 15.1. The lowest BCUT2D eigenvalue weighted by Crippen LogP contribution is -2.39. The number of carboxylic acid groups (broad SMARTS) is 1. The molecule has 4 N–H and O–H groups in total. The van der Waals surface area contributed by atoms with E-state index in [9.17, 15) is 19.8 Å². The molecule has 1 fully saturated rings. The quantitative estimate of drug-likeness (QED) is 0.621. The molecule has 1 heterocycles. The van der Waals surface area contributed by atoms with Gasteiger partial charge in [0.25, 0.3) is 5.91 Å². The van der Waals surface area contributed by atoms with Crippen molar-refractivity contribution < 1.29 is 24.6 Å². The Morgan fingerprint density at radius 1 is 1.19 bits per heavy atom. The van der Waals surface area contributed by atoms with E-state index < -0.39 is 17.6 Å². The summed E-state index contributed by atoms with van der Waals surface area (Å²) < 4.78 is 0. The summed E-state index contributed by atoms with van der Waals surface area (Å²) in [6.45, 7) is 15.2. The van der Waals surface area contributed by atoms with Gasteiger partial charge < -0.3 is 20.7 Å². The van der Waals surface area contributed by atoms with Crippen LogP contribution < -0.4 is 5.73 Å². The number of nitrogens with zero attached hydrogens (tertiary/aromatic N) is 1. The first-order valence-corrected chi connectivity index (χ1v) is 10.2. The summed E-state index contributed by atoms with van der Waals surface area (Å²) in [6, 6.07) is 6.18. The van der Waals surface area contributed by atoms with Crippen molar-refractivity contribution in [3.8, 4) is 0 Å². The third-order valence-electron chi connectivity index (χ3n) is 4.28. The topological polar surface area (TPSA) is 121 Å². The number of likely N-dealkylation sites (tertiary alicyclic amines) is 1. The number of benzene rings is 1. The van der Waals surface area contributed by atoms with Gasteiger partial charge in [-0.2, -0.15) is 0 Å². The number of allylic oxidation sites excluding steroid dienone is 2. The molecule has 1 aromatic rings. The molecular weight excluding hydrogens is 396 g/mol. The lowest BCUT2D eigenvalue weighted by atomic mass is 9.95. The fourth-order valence-electron chi connectivity index (χ4n) is 2.89. The van der Waals surface area contributed by atoms with Gasteiger partial charge >= 0.3 is 5.97 Å². The molecule has 1 saturated heterocycles. The van der Waals surface area contributed by atoms with Gasteiger partial charge in [-0.1, -0.05) is 57.2 Å². The number of aliphatic carboxylic acids is 1. The standard InChI is InChI=1S/C19H23NO4.C3H8.CH5N.CH2O/c1-5-15(13-7-9-14(10-8-13)19(3,4)24)17(21)20-12(2)6-11-16(20)18(22)23;1-3-2;2*1-2/h5,7-10,16,24H,2,6,11H2,1,3-4H3,(H,22,23);3H2,1-2H3;2H2,1H3;1H2/b15-5-;;;. The van der Waals surface area contributed by atoms with E-state index in [2.05, 4.69) is 26.2 Å². The molecule has 1 aromatic carbocycles. The van der Waals surface area contributed by atoms with Crippen molar-refractivity contribution in [2.24, 2.45) is 5.73 Å². The van der Waals surface area contributed by atoms with Crippen molar-refractivity contribution in [3.05, 3.63) is 53.7 Å². The highest BCUT2D eigenvalue weighted by molar-refractivity contribution is 6.20. The van der Waals surface area contributed by atoms with Crippen LogP contribution in [0.2, 0.25) is 0 Å². The van der Waals surface area contributed by atoms with Gasteiger partial charge in [-0.3, -0.25) is 9.69 Å². The number of carbonyl (C=O) groups is 3. The first-order valence-electron chi connectivity index (χ1n) is 10.2. The van der Waals surface area contributed by atoms with Gasteiger partial charge in [0.05, 0.1) is 5.60 Å². The highest BCUT2D eigenvalue weighted by Gasteiger charge is 2.38. The van der Waals surface area contributed by atoms with Gasteiger partial charge in [-0.05, 0) is 51.8 Å². The van der Waals surface area contributed by atoms with Gasteiger partial charge in [0.2, 0.25) is 0 Å². The zero-order chi connectivity index (χ0) is 24.8. The Balaban J connectivity index is 0.